The van der Waals surface area contributed by atoms with E-state index in [0.29, 0.717) is 0 Å². The van der Waals surface area contributed by atoms with Crippen LogP contribution in [0, 0.1) is 0 Å². The van der Waals surface area contributed by atoms with E-state index in [-0.39, 0.29) is 0 Å². The van der Waals surface area contributed by atoms with Crippen LogP contribution in [0.15, 0.2) is 0 Å². The second-order valence-corrected chi connectivity index (χ2v) is 2.39. The van der Waals surface area contributed by atoms with Gasteiger partial charge in [0.05, 0.1) is 0 Å². The first kappa shape index (κ1) is 8.85. The zero-order valence-electron chi connectivity index (χ0n) is 5.53. The smallest absolute Gasteiger partial charge is 0.186 e. The summed E-state index contributed by atoms with van der Waals surface area (Å²) in [5, 5.41) is 44.0. The quantitative estimate of drug-likeness (QED) is 0.258. The molecule has 4 atom stereocenters. The molecule has 1 aliphatic rings. The van der Waals surface area contributed by atoms with Crippen LogP contribution in [0.3, 0.4) is 0 Å². The van der Waals surface area contributed by atoms with Crippen molar-refractivity contribution in [2.24, 2.45) is 0 Å². The minimum absolute atomic E-state index is 1.59. The zero-order chi connectivity index (χ0) is 8.59. The standard InChI is InChI=1S/C5H10O6/c6-1-2(7)4(9)11-5(10)3(1)8/h1-10H/t1?,2-,3-,4?,5?/m0/s1. The molecule has 0 aromatic carbocycles. The Kier molecular flexibility index (Phi) is 2.43. The SMILES string of the molecule is OC1OC(O)[C@@H](O)C(O)[C@@H]1O. The van der Waals surface area contributed by atoms with Gasteiger partial charge in [0, 0.05) is 0 Å². The van der Waals surface area contributed by atoms with Gasteiger partial charge in [-0.15, -0.1) is 0 Å². The van der Waals surface area contributed by atoms with Gasteiger partial charge in [0.25, 0.3) is 0 Å². The molecule has 0 spiro atoms. The molecule has 6 nitrogen and oxygen atoms in total. The van der Waals surface area contributed by atoms with E-state index < -0.39 is 30.9 Å². The highest BCUT2D eigenvalue weighted by Crippen LogP contribution is 2.17. The Balaban J connectivity index is 2.63. The highest BCUT2D eigenvalue weighted by Gasteiger charge is 2.42. The van der Waals surface area contributed by atoms with Crippen molar-refractivity contribution >= 4 is 0 Å². The first-order chi connectivity index (χ1) is 5.04. The lowest BCUT2D eigenvalue weighted by Gasteiger charge is -2.35. The summed E-state index contributed by atoms with van der Waals surface area (Å²) in [7, 11) is 0. The van der Waals surface area contributed by atoms with Crippen LogP contribution in [0.25, 0.3) is 0 Å². The Morgan fingerprint density at radius 2 is 1.00 bits per heavy atom. The molecule has 1 heterocycles. The molecule has 0 radical (unpaired) electrons. The molecular formula is C5H10O6. The first-order valence-electron chi connectivity index (χ1n) is 3.10. The number of aliphatic hydroxyl groups excluding tert-OH is 5. The number of rotatable bonds is 0. The van der Waals surface area contributed by atoms with Crippen LogP contribution >= 0.6 is 0 Å². The third-order valence-corrected chi connectivity index (χ3v) is 1.56. The molecule has 1 saturated heterocycles. The largest absolute Gasteiger partial charge is 0.387 e. The van der Waals surface area contributed by atoms with Gasteiger partial charge in [-0.2, -0.15) is 0 Å². The van der Waals surface area contributed by atoms with E-state index in [9.17, 15) is 0 Å². The van der Waals surface area contributed by atoms with Crippen LogP contribution < -0.4 is 0 Å². The molecule has 1 fully saturated rings. The van der Waals surface area contributed by atoms with E-state index in [1.54, 1.807) is 0 Å². The van der Waals surface area contributed by atoms with Crippen molar-refractivity contribution in [3.63, 3.8) is 0 Å². The Morgan fingerprint density at radius 3 is 1.36 bits per heavy atom. The summed E-state index contributed by atoms with van der Waals surface area (Å²) in [6.45, 7) is 0. The van der Waals surface area contributed by atoms with Gasteiger partial charge >= 0.3 is 0 Å². The lowest BCUT2D eigenvalue weighted by atomic mass is 10.0. The first-order valence-corrected chi connectivity index (χ1v) is 3.10. The van der Waals surface area contributed by atoms with Gasteiger partial charge in [-0.1, -0.05) is 0 Å². The molecule has 5 N–H and O–H groups in total. The monoisotopic (exact) mass is 166 g/mol. The maximum atomic E-state index is 8.89. The molecule has 0 bridgehead atoms. The Hall–Kier alpha value is -0.240. The van der Waals surface area contributed by atoms with E-state index in [1.165, 1.54) is 0 Å². The van der Waals surface area contributed by atoms with Crippen LogP contribution in [-0.2, 0) is 4.74 Å². The predicted octanol–water partition coefficient (Wildman–Crippen LogP) is -3.26. The van der Waals surface area contributed by atoms with E-state index in [1.807, 2.05) is 0 Å². The molecule has 0 saturated carbocycles. The van der Waals surface area contributed by atoms with Crippen molar-refractivity contribution in [2.75, 3.05) is 0 Å². The van der Waals surface area contributed by atoms with Crippen LogP contribution in [0.2, 0.25) is 0 Å². The van der Waals surface area contributed by atoms with Gasteiger partial charge in [-0.3, -0.25) is 0 Å². The number of aliphatic hydroxyl groups is 5. The Labute approximate surface area is 62.3 Å². The molecule has 1 rings (SSSR count). The van der Waals surface area contributed by atoms with Crippen molar-refractivity contribution in [3.05, 3.63) is 0 Å². The third kappa shape index (κ3) is 1.51. The molecule has 2 unspecified atom stereocenters. The molecular weight excluding hydrogens is 156 g/mol. The summed E-state index contributed by atoms with van der Waals surface area (Å²) in [6.07, 6.45) is -8.10. The van der Waals surface area contributed by atoms with Crippen molar-refractivity contribution in [2.45, 2.75) is 30.9 Å². The molecule has 0 aliphatic carbocycles. The fraction of sp³-hybridized carbons (Fsp3) is 1.00. The lowest BCUT2D eigenvalue weighted by molar-refractivity contribution is -0.328. The van der Waals surface area contributed by atoms with Crippen LogP contribution in [-0.4, -0.2) is 56.4 Å². The summed E-state index contributed by atoms with van der Waals surface area (Å²) in [4.78, 5) is 0. The fourth-order valence-electron chi connectivity index (χ4n) is 0.843. The number of hydrogen-bond donors (Lipinski definition) is 5. The summed E-state index contributed by atoms with van der Waals surface area (Å²) < 4.78 is 4.23. The van der Waals surface area contributed by atoms with Gasteiger partial charge in [0.1, 0.15) is 18.3 Å². The van der Waals surface area contributed by atoms with E-state index in [2.05, 4.69) is 4.74 Å². The topological polar surface area (TPSA) is 110 Å². The fourth-order valence-corrected chi connectivity index (χ4v) is 0.843. The van der Waals surface area contributed by atoms with Crippen LogP contribution in [0.1, 0.15) is 0 Å². The summed E-state index contributed by atoms with van der Waals surface area (Å²) in [5.74, 6) is 0. The summed E-state index contributed by atoms with van der Waals surface area (Å²) in [5.41, 5.74) is 0. The average Bonchev–Trinajstić information content (AvgIpc) is 1.97. The van der Waals surface area contributed by atoms with Gasteiger partial charge in [0.2, 0.25) is 0 Å². The minimum atomic E-state index is -1.66. The normalized spacial score (nSPS) is 52.6. The van der Waals surface area contributed by atoms with Gasteiger partial charge in [-0.05, 0) is 0 Å². The minimum Gasteiger partial charge on any atom is -0.387 e. The molecule has 0 aromatic rings. The molecule has 0 aromatic heterocycles. The molecule has 1 aliphatic heterocycles. The maximum absolute atomic E-state index is 8.89. The number of hydrogen-bond acceptors (Lipinski definition) is 6. The van der Waals surface area contributed by atoms with Crippen molar-refractivity contribution in [3.8, 4) is 0 Å². The highest BCUT2D eigenvalue weighted by molar-refractivity contribution is 4.83. The summed E-state index contributed by atoms with van der Waals surface area (Å²) in [6, 6.07) is 0. The van der Waals surface area contributed by atoms with E-state index >= 15 is 0 Å². The van der Waals surface area contributed by atoms with Crippen LogP contribution in [0.4, 0.5) is 0 Å². The second kappa shape index (κ2) is 3.02. The van der Waals surface area contributed by atoms with Crippen molar-refractivity contribution in [1.29, 1.82) is 0 Å². The number of ether oxygens (including phenoxy) is 1. The zero-order valence-corrected chi connectivity index (χ0v) is 5.53. The van der Waals surface area contributed by atoms with E-state index in [0.717, 1.165) is 0 Å². The average molecular weight is 166 g/mol. The van der Waals surface area contributed by atoms with Gasteiger partial charge in [0.15, 0.2) is 12.6 Å². The molecule has 11 heavy (non-hydrogen) atoms. The maximum Gasteiger partial charge on any atom is 0.186 e. The van der Waals surface area contributed by atoms with Crippen molar-refractivity contribution in [1.82, 2.24) is 0 Å². The molecule has 0 amide bonds. The highest BCUT2D eigenvalue weighted by atomic mass is 16.7. The third-order valence-electron chi connectivity index (χ3n) is 1.56. The predicted molar refractivity (Wildman–Crippen MR) is 31.1 cm³/mol. The summed E-state index contributed by atoms with van der Waals surface area (Å²) >= 11 is 0. The van der Waals surface area contributed by atoms with Crippen LogP contribution in [0.5, 0.6) is 0 Å². The van der Waals surface area contributed by atoms with Crippen molar-refractivity contribution < 1.29 is 30.3 Å². The molecule has 66 valence electrons. The lowest BCUT2D eigenvalue weighted by Crippen LogP contribution is -2.57. The molecule has 6 heteroatoms. The second-order valence-electron chi connectivity index (χ2n) is 2.39. The van der Waals surface area contributed by atoms with E-state index in [4.69, 9.17) is 25.5 Å². The van der Waals surface area contributed by atoms with Gasteiger partial charge in [-0.25, -0.2) is 0 Å². The van der Waals surface area contributed by atoms with Gasteiger partial charge < -0.3 is 30.3 Å². The Bertz CT molecular complexity index is 125. The Morgan fingerprint density at radius 1 is 0.636 bits per heavy atom.